The summed E-state index contributed by atoms with van der Waals surface area (Å²) in [4.78, 5) is 10.7. The third-order valence-electron chi connectivity index (χ3n) is 2.55. The summed E-state index contributed by atoms with van der Waals surface area (Å²) in [6.07, 6.45) is -2.32. The number of aromatic carboxylic acids is 1. The van der Waals surface area contributed by atoms with Crippen molar-refractivity contribution in [1.82, 2.24) is 9.78 Å². The zero-order chi connectivity index (χ0) is 11.9. The van der Waals surface area contributed by atoms with Gasteiger partial charge in [-0.3, -0.25) is 0 Å². The number of rotatable bonds is 2. The fourth-order valence-electron chi connectivity index (χ4n) is 1.84. The first-order chi connectivity index (χ1) is 7.49. The summed E-state index contributed by atoms with van der Waals surface area (Å²) in [6, 6.07) is 0.0945. The van der Waals surface area contributed by atoms with E-state index in [1.165, 1.54) is 6.07 Å². The summed E-state index contributed by atoms with van der Waals surface area (Å²) < 4.78 is 26.6. The lowest BCUT2D eigenvalue weighted by Gasteiger charge is -2.29. The SMILES string of the molecule is C[C@@H]1C[C@H](C(F)F)n2nc(C(=O)O)cc2N1. The Labute approximate surface area is 90.1 Å². The van der Waals surface area contributed by atoms with E-state index < -0.39 is 18.4 Å². The van der Waals surface area contributed by atoms with Crippen molar-refractivity contribution in [1.29, 1.82) is 0 Å². The Morgan fingerprint density at radius 3 is 3.00 bits per heavy atom. The van der Waals surface area contributed by atoms with E-state index in [2.05, 4.69) is 10.4 Å². The molecule has 2 N–H and O–H groups in total. The highest BCUT2D eigenvalue weighted by Crippen LogP contribution is 2.31. The molecule has 5 nitrogen and oxygen atoms in total. The number of hydrogen-bond donors (Lipinski definition) is 2. The highest BCUT2D eigenvalue weighted by atomic mass is 19.3. The van der Waals surface area contributed by atoms with Crippen molar-refractivity contribution in [3.05, 3.63) is 11.8 Å². The molecule has 0 fully saturated rings. The molecule has 7 heteroatoms. The Balaban J connectivity index is 2.41. The van der Waals surface area contributed by atoms with Gasteiger partial charge in [-0.2, -0.15) is 5.10 Å². The average molecular weight is 231 g/mol. The first-order valence-corrected chi connectivity index (χ1v) is 4.86. The third-order valence-corrected chi connectivity index (χ3v) is 2.55. The van der Waals surface area contributed by atoms with Gasteiger partial charge in [0, 0.05) is 12.1 Å². The van der Waals surface area contributed by atoms with Gasteiger partial charge in [-0.15, -0.1) is 0 Å². The Bertz CT molecular complexity index is 419. The Morgan fingerprint density at radius 2 is 2.44 bits per heavy atom. The first-order valence-electron chi connectivity index (χ1n) is 4.86. The van der Waals surface area contributed by atoms with Gasteiger partial charge >= 0.3 is 5.97 Å². The topological polar surface area (TPSA) is 67.2 Å². The van der Waals surface area contributed by atoms with E-state index in [1.54, 1.807) is 6.92 Å². The molecule has 0 amide bonds. The van der Waals surface area contributed by atoms with Gasteiger partial charge < -0.3 is 10.4 Å². The van der Waals surface area contributed by atoms with Crippen LogP contribution in [0.3, 0.4) is 0 Å². The van der Waals surface area contributed by atoms with Crippen LogP contribution >= 0.6 is 0 Å². The van der Waals surface area contributed by atoms with Crippen molar-refractivity contribution in [3.8, 4) is 0 Å². The molecule has 0 aliphatic carbocycles. The molecule has 0 spiro atoms. The van der Waals surface area contributed by atoms with E-state index in [9.17, 15) is 13.6 Å². The monoisotopic (exact) mass is 231 g/mol. The van der Waals surface area contributed by atoms with Crippen molar-refractivity contribution < 1.29 is 18.7 Å². The number of carboxylic acids is 1. The fraction of sp³-hybridized carbons (Fsp3) is 0.556. The van der Waals surface area contributed by atoms with Crippen LogP contribution in [0.25, 0.3) is 0 Å². The number of fused-ring (bicyclic) bond motifs is 1. The van der Waals surface area contributed by atoms with Gasteiger partial charge in [0.15, 0.2) is 5.69 Å². The molecule has 0 saturated heterocycles. The van der Waals surface area contributed by atoms with Crippen LogP contribution in [0.15, 0.2) is 6.07 Å². The Kier molecular flexibility index (Phi) is 2.53. The lowest BCUT2D eigenvalue weighted by atomic mass is 10.1. The molecular formula is C9H11F2N3O2. The number of aromatic nitrogens is 2. The number of nitrogens with zero attached hydrogens (tertiary/aromatic N) is 2. The maximum Gasteiger partial charge on any atom is 0.356 e. The second-order valence-electron chi connectivity index (χ2n) is 3.85. The van der Waals surface area contributed by atoms with Crippen LogP contribution in [0.5, 0.6) is 0 Å². The van der Waals surface area contributed by atoms with E-state index >= 15 is 0 Å². The summed E-state index contributed by atoms with van der Waals surface area (Å²) in [5.74, 6) is -0.884. The number of carbonyl (C=O) groups is 1. The summed E-state index contributed by atoms with van der Waals surface area (Å²) >= 11 is 0. The minimum atomic E-state index is -2.55. The van der Waals surface area contributed by atoms with Crippen LogP contribution in [0.1, 0.15) is 29.9 Å². The van der Waals surface area contributed by atoms with E-state index in [0.29, 0.717) is 5.82 Å². The minimum Gasteiger partial charge on any atom is -0.476 e. The second kappa shape index (κ2) is 3.73. The van der Waals surface area contributed by atoms with E-state index in [4.69, 9.17) is 5.11 Å². The van der Waals surface area contributed by atoms with Crippen LogP contribution in [0, 0.1) is 0 Å². The number of anilines is 1. The molecule has 0 bridgehead atoms. The van der Waals surface area contributed by atoms with Crippen molar-refractivity contribution in [2.45, 2.75) is 31.9 Å². The molecular weight excluding hydrogens is 220 g/mol. The van der Waals surface area contributed by atoms with E-state index in [-0.39, 0.29) is 18.2 Å². The molecule has 1 aromatic heterocycles. The van der Waals surface area contributed by atoms with Crippen LogP contribution in [0.2, 0.25) is 0 Å². The maximum atomic E-state index is 12.7. The van der Waals surface area contributed by atoms with Gasteiger partial charge in [0.05, 0.1) is 0 Å². The predicted molar refractivity (Wildman–Crippen MR) is 51.9 cm³/mol. The number of halogens is 2. The van der Waals surface area contributed by atoms with Crippen LogP contribution in [0.4, 0.5) is 14.6 Å². The van der Waals surface area contributed by atoms with Gasteiger partial charge in [-0.25, -0.2) is 18.3 Å². The second-order valence-corrected chi connectivity index (χ2v) is 3.85. The molecule has 88 valence electrons. The lowest BCUT2D eigenvalue weighted by molar-refractivity contribution is 0.0630. The predicted octanol–water partition coefficient (Wildman–Crippen LogP) is 1.59. The van der Waals surface area contributed by atoms with Crippen molar-refractivity contribution in [2.24, 2.45) is 0 Å². The Morgan fingerprint density at radius 1 is 1.75 bits per heavy atom. The molecule has 2 rings (SSSR count). The largest absolute Gasteiger partial charge is 0.476 e. The number of alkyl halides is 2. The standard InChI is InChI=1S/C9H11F2N3O2/c1-4-2-6(8(10)11)14-7(12-4)3-5(13-14)9(15)16/h3-4,6,8,12H,2H2,1H3,(H,15,16)/t4-,6-/m1/s1. The van der Waals surface area contributed by atoms with E-state index in [0.717, 1.165) is 4.68 Å². The highest BCUT2D eigenvalue weighted by Gasteiger charge is 2.32. The smallest absolute Gasteiger partial charge is 0.356 e. The molecule has 0 unspecified atom stereocenters. The summed E-state index contributed by atoms with van der Waals surface area (Å²) in [6.45, 7) is 1.77. The van der Waals surface area contributed by atoms with Crippen LogP contribution < -0.4 is 5.32 Å². The van der Waals surface area contributed by atoms with Gasteiger partial charge in [-0.05, 0) is 13.3 Å². The normalized spacial score (nSPS) is 24.0. The van der Waals surface area contributed by atoms with Crippen LogP contribution in [-0.2, 0) is 0 Å². The molecule has 1 aromatic rings. The molecule has 0 saturated carbocycles. The van der Waals surface area contributed by atoms with Crippen molar-refractivity contribution >= 4 is 11.8 Å². The van der Waals surface area contributed by atoms with Crippen LogP contribution in [-0.4, -0.2) is 33.3 Å². The van der Waals surface area contributed by atoms with Gasteiger partial charge in [0.1, 0.15) is 11.9 Å². The van der Waals surface area contributed by atoms with Gasteiger partial charge in [0.25, 0.3) is 6.43 Å². The fourth-order valence-corrected chi connectivity index (χ4v) is 1.84. The molecule has 2 atom stereocenters. The maximum absolute atomic E-state index is 12.7. The molecule has 0 aromatic carbocycles. The van der Waals surface area contributed by atoms with Gasteiger partial charge in [0.2, 0.25) is 0 Å². The van der Waals surface area contributed by atoms with E-state index in [1.807, 2.05) is 0 Å². The lowest BCUT2D eigenvalue weighted by Crippen LogP contribution is -2.33. The molecule has 0 radical (unpaired) electrons. The molecule has 2 heterocycles. The molecule has 1 aliphatic heterocycles. The minimum absolute atomic E-state index is 0.121. The zero-order valence-corrected chi connectivity index (χ0v) is 8.52. The summed E-state index contributed by atoms with van der Waals surface area (Å²) in [7, 11) is 0. The number of hydrogen-bond acceptors (Lipinski definition) is 3. The summed E-state index contributed by atoms with van der Waals surface area (Å²) in [5.41, 5.74) is -0.220. The molecule has 16 heavy (non-hydrogen) atoms. The number of nitrogens with one attached hydrogen (secondary N) is 1. The molecule has 1 aliphatic rings. The average Bonchev–Trinajstić information content (AvgIpc) is 2.59. The first kappa shape index (κ1) is 10.8. The zero-order valence-electron chi connectivity index (χ0n) is 8.52. The third kappa shape index (κ3) is 1.72. The van der Waals surface area contributed by atoms with Crippen molar-refractivity contribution in [3.63, 3.8) is 0 Å². The van der Waals surface area contributed by atoms with Gasteiger partial charge in [-0.1, -0.05) is 0 Å². The number of carboxylic acid groups (broad SMARTS) is 1. The van der Waals surface area contributed by atoms with Crippen molar-refractivity contribution in [2.75, 3.05) is 5.32 Å². The Hall–Kier alpha value is -1.66. The summed E-state index contributed by atoms with van der Waals surface area (Å²) in [5, 5.41) is 15.3. The quantitative estimate of drug-likeness (QED) is 0.811. The highest BCUT2D eigenvalue weighted by molar-refractivity contribution is 5.86.